The van der Waals surface area contributed by atoms with Crippen LogP contribution in [0.25, 0.3) is 0 Å². The van der Waals surface area contributed by atoms with Crippen LogP contribution < -0.4 is 0 Å². The summed E-state index contributed by atoms with van der Waals surface area (Å²) in [5.74, 6) is 0. The molecule has 2 radical (unpaired) electrons. The van der Waals surface area contributed by atoms with E-state index in [4.69, 9.17) is 0 Å². The number of non-ortho nitro benzene ring substituents is 1. The number of hydrogen-bond acceptors (Lipinski definition) is 4. The second kappa shape index (κ2) is 3.62. The van der Waals surface area contributed by atoms with Gasteiger partial charge in [0, 0.05) is 0 Å². The Labute approximate surface area is 86.4 Å². The summed E-state index contributed by atoms with van der Waals surface area (Å²) in [6.07, 6.45) is 0. The second-order valence-electron chi connectivity index (χ2n) is 2.30. The molecule has 0 N–H and O–H groups in total. The van der Waals surface area contributed by atoms with Gasteiger partial charge in [0.1, 0.15) is 0 Å². The van der Waals surface area contributed by atoms with E-state index in [2.05, 4.69) is 0 Å². The number of hydrogen-bond donors (Lipinski definition) is 0. The SMILES string of the molecule is O=[N+]([O-])c1ccc([S](=O)(=O)[SnH])cc1. The van der Waals surface area contributed by atoms with Gasteiger partial charge in [-0.2, -0.15) is 0 Å². The molecule has 0 atom stereocenters. The Hall–Kier alpha value is -0.631. The van der Waals surface area contributed by atoms with Crippen molar-refractivity contribution in [1.29, 1.82) is 0 Å². The average Bonchev–Trinajstić information content (AvgIpc) is 2.03. The number of nitro groups is 1. The molecule has 7 heteroatoms. The van der Waals surface area contributed by atoms with Gasteiger partial charge in [0.05, 0.1) is 0 Å². The van der Waals surface area contributed by atoms with Crippen LogP contribution in [-0.2, 0) is 7.02 Å². The van der Waals surface area contributed by atoms with Gasteiger partial charge in [0.25, 0.3) is 0 Å². The molecule has 68 valence electrons. The molecule has 0 heterocycles. The van der Waals surface area contributed by atoms with Gasteiger partial charge in [-0.15, -0.1) is 0 Å². The molecule has 13 heavy (non-hydrogen) atoms. The van der Waals surface area contributed by atoms with E-state index >= 15 is 0 Å². The minimum absolute atomic E-state index is 0.0785. The first-order chi connectivity index (χ1) is 5.91. The van der Waals surface area contributed by atoms with E-state index in [0.29, 0.717) is 0 Å². The first kappa shape index (κ1) is 10.4. The number of nitrogens with zero attached hydrogens (tertiary/aromatic N) is 1. The summed E-state index contributed by atoms with van der Waals surface area (Å²) in [6, 6.07) is 4.86. The standard InChI is InChI=1S/C6H4NO4S.Sn.H/c8-7(9)5-1-3-6(4-2-5)12(10)11;;/h1-4H;;. The van der Waals surface area contributed by atoms with Gasteiger partial charge in [-0.3, -0.25) is 0 Å². The van der Waals surface area contributed by atoms with Crippen LogP contribution in [0.5, 0.6) is 0 Å². The van der Waals surface area contributed by atoms with E-state index in [1.165, 1.54) is 24.3 Å². The molecule has 0 aliphatic rings. The van der Waals surface area contributed by atoms with Gasteiger partial charge in [-0.25, -0.2) is 0 Å². The van der Waals surface area contributed by atoms with Crippen molar-refractivity contribution in [3.05, 3.63) is 34.4 Å². The molecule has 0 unspecified atom stereocenters. The van der Waals surface area contributed by atoms with Crippen LogP contribution >= 0.6 is 0 Å². The third-order valence-corrected chi connectivity index (χ3v) is 4.64. The van der Waals surface area contributed by atoms with Gasteiger partial charge in [-0.05, 0) is 0 Å². The molecule has 0 aromatic heterocycles. The molecule has 0 saturated heterocycles. The summed E-state index contributed by atoms with van der Waals surface area (Å²) in [5, 5.41) is 10.2. The normalized spacial score (nSPS) is 11.2. The number of benzene rings is 1. The quantitative estimate of drug-likeness (QED) is 0.444. The van der Waals surface area contributed by atoms with Gasteiger partial charge in [-0.1, -0.05) is 0 Å². The number of rotatable bonds is 2. The van der Waals surface area contributed by atoms with Crippen molar-refractivity contribution in [2.24, 2.45) is 0 Å². The van der Waals surface area contributed by atoms with E-state index in [1.54, 1.807) is 0 Å². The maximum atomic E-state index is 11.0. The number of nitro benzene ring substituents is 1. The predicted molar refractivity (Wildman–Crippen MR) is 47.4 cm³/mol. The molecule has 5 nitrogen and oxygen atoms in total. The van der Waals surface area contributed by atoms with Crippen molar-refractivity contribution >= 4 is 33.9 Å². The minimum atomic E-state index is -3.14. The van der Waals surface area contributed by atoms with Gasteiger partial charge < -0.3 is 0 Å². The van der Waals surface area contributed by atoms with Crippen molar-refractivity contribution in [2.45, 2.75) is 4.90 Å². The fraction of sp³-hybridized carbons (Fsp3) is 0. The van der Waals surface area contributed by atoms with E-state index in [0.717, 1.165) is 0 Å². The van der Waals surface area contributed by atoms with Crippen LogP contribution in [-0.4, -0.2) is 34.5 Å². The summed E-state index contributed by atoms with van der Waals surface area (Å²) in [7, 11) is -3.14. The van der Waals surface area contributed by atoms with Crippen LogP contribution in [0, 0.1) is 10.1 Å². The van der Waals surface area contributed by atoms with Crippen molar-refractivity contribution in [3.63, 3.8) is 0 Å². The summed E-state index contributed by atoms with van der Waals surface area (Å²) in [5.41, 5.74) is -0.104. The Kier molecular flexibility index (Phi) is 2.91. The van der Waals surface area contributed by atoms with Crippen molar-refractivity contribution in [2.75, 3.05) is 0 Å². The molecule has 0 saturated carbocycles. The molecular weight excluding hydrogens is 301 g/mol. The van der Waals surface area contributed by atoms with Crippen LogP contribution in [0.2, 0.25) is 0 Å². The molecule has 1 rings (SSSR count). The monoisotopic (exact) mass is 307 g/mol. The molecule has 0 bridgehead atoms. The summed E-state index contributed by atoms with van der Waals surface area (Å²) in [4.78, 5) is 9.80. The third-order valence-electron chi connectivity index (χ3n) is 1.38. The van der Waals surface area contributed by atoms with Gasteiger partial charge >= 0.3 is 86.5 Å². The zero-order valence-corrected chi connectivity index (χ0v) is 10.5. The van der Waals surface area contributed by atoms with Gasteiger partial charge in [0.2, 0.25) is 0 Å². The molecule has 1 aromatic carbocycles. The second-order valence-corrected chi connectivity index (χ2v) is 9.17. The molecular formula is C6H5NO4SSn. The van der Waals surface area contributed by atoms with Gasteiger partial charge in [0.15, 0.2) is 0 Å². The zero-order chi connectivity index (χ0) is 10.1. The topological polar surface area (TPSA) is 77.3 Å². The molecule has 1 aromatic rings. The van der Waals surface area contributed by atoms with E-state index in [1.807, 2.05) is 0 Å². The van der Waals surface area contributed by atoms with E-state index < -0.39 is 11.9 Å². The van der Waals surface area contributed by atoms with Crippen LogP contribution in [0.15, 0.2) is 29.2 Å². The first-order valence-corrected chi connectivity index (χ1v) is 8.77. The summed E-state index contributed by atoms with van der Waals surface area (Å²) >= 11 is 0.0785. The molecule has 0 aliphatic heterocycles. The Morgan fingerprint density at radius 3 is 2.00 bits per heavy atom. The fourth-order valence-electron chi connectivity index (χ4n) is 0.758. The predicted octanol–water partition coefficient (Wildman–Crippen LogP) is 0.184. The van der Waals surface area contributed by atoms with Crippen molar-refractivity contribution in [1.82, 2.24) is 0 Å². The first-order valence-electron chi connectivity index (χ1n) is 3.18. The summed E-state index contributed by atoms with van der Waals surface area (Å²) < 4.78 is 22.0. The zero-order valence-electron chi connectivity index (χ0n) is 6.38. The van der Waals surface area contributed by atoms with Crippen molar-refractivity contribution in [3.8, 4) is 0 Å². The molecule has 0 fully saturated rings. The fourth-order valence-corrected chi connectivity index (χ4v) is 2.62. The van der Waals surface area contributed by atoms with Crippen molar-refractivity contribution < 1.29 is 13.3 Å². The summed E-state index contributed by atoms with van der Waals surface area (Å²) in [6.45, 7) is 0. The Morgan fingerprint density at radius 1 is 1.23 bits per heavy atom. The molecule has 0 aliphatic carbocycles. The molecule has 0 amide bonds. The third kappa shape index (κ3) is 2.66. The Morgan fingerprint density at radius 2 is 1.69 bits per heavy atom. The van der Waals surface area contributed by atoms with Crippen LogP contribution in [0.3, 0.4) is 0 Å². The average molecular weight is 306 g/mol. The van der Waals surface area contributed by atoms with E-state index in [9.17, 15) is 18.5 Å². The molecule has 0 spiro atoms. The maximum absolute atomic E-state index is 11.0. The van der Waals surface area contributed by atoms with Crippen LogP contribution in [0.1, 0.15) is 0 Å². The van der Waals surface area contributed by atoms with E-state index in [-0.39, 0.29) is 31.7 Å². The Balaban J connectivity index is 3.16. The Bertz CT molecular complexity index is 424. The van der Waals surface area contributed by atoms with Crippen LogP contribution in [0.4, 0.5) is 5.69 Å².